The van der Waals surface area contributed by atoms with E-state index in [2.05, 4.69) is 29.3 Å². The third-order valence-corrected chi connectivity index (χ3v) is 4.73. The molecule has 5 heteroatoms. The predicted molar refractivity (Wildman–Crippen MR) is 90.2 cm³/mol. The van der Waals surface area contributed by atoms with Gasteiger partial charge >= 0.3 is 0 Å². The van der Waals surface area contributed by atoms with Crippen LogP contribution in [-0.4, -0.2) is 43.4 Å². The van der Waals surface area contributed by atoms with Crippen molar-refractivity contribution in [2.24, 2.45) is 5.92 Å². The van der Waals surface area contributed by atoms with Crippen molar-refractivity contribution >= 4 is 17.5 Å². The highest BCUT2D eigenvalue weighted by Gasteiger charge is 2.41. The number of benzene rings is 1. The van der Waals surface area contributed by atoms with Crippen LogP contribution in [0.5, 0.6) is 0 Å². The Morgan fingerprint density at radius 1 is 1.35 bits per heavy atom. The van der Waals surface area contributed by atoms with E-state index in [9.17, 15) is 9.59 Å². The molecule has 0 spiro atoms. The van der Waals surface area contributed by atoms with E-state index in [4.69, 9.17) is 0 Å². The van der Waals surface area contributed by atoms with E-state index >= 15 is 0 Å². The molecule has 1 aliphatic heterocycles. The lowest BCUT2D eigenvalue weighted by molar-refractivity contribution is -0.129. The zero-order valence-corrected chi connectivity index (χ0v) is 14.1. The summed E-state index contributed by atoms with van der Waals surface area (Å²) in [7, 11) is 4.04. The minimum atomic E-state index is -0.190. The molecule has 0 aromatic heterocycles. The largest absolute Gasteiger partial charge is 0.377 e. The van der Waals surface area contributed by atoms with Gasteiger partial charge in [-0.05, 0) is 37.0 Å². The molecule has 1 saturated heterocycles. The molecular weight excluding hydrogens is 290 g/mol. The van der Waals surface area contributed by atoms with Crippen molar-refractivity contribution in [3.05, 3.63) is 29.3 Å². The van der Waals surface area contributed by atoms with Crippen LogP contribution in [0.25, 0.3) is 0 Å². The molecule has 1 atom stereocenters. The number of aryl methyl sites for hydroxylation is 1. The summed E-state index contributed by atoms with van der Waals surface area (Å²) >= 11 is 0. The van der Waals surface area contributed by atoms with Crippen molar-refractivity contribution in [2.75, 3.05) is 25.5 Å². The van der Waals surface area contributed by atoms with Gasteiger partial charge in [0, 0.05) is 45.3 Å². The van der Waals surface area contributed by atoms with Crippen molar-refractivity contribution in [3.63, 3.8) is 0 Å². The molecule has 124 valence electrons. The summed E-state index contributed by atoms with van der Waals surface area (Å²) in [5, 5.41) is 2.99. The third-order valence-electron chi connectivity index (χ3n) is 4.73. The average molecular weight is 315 g/mol. The van der Waals surface area contributed by atoms with Crippen LogP contribution in [-0.2, 0) is 16.1 Å². The van der Waals surface area contributed by atoms with Gasteiger partial charge in [0.25, 0.3) is 0 Å². The summed E-state index contributed by atoms with van der Waals surface area (Å²) in [5.74, 6) is -0.0556. The first kappa shape index (κ1) is 15.8. The van der Waals surface area contributed by atoms with Crippen LogP contribution < -0.4 is 10.2 Å². The standard InChI is InChI=1S/C18H25N3O2/c1-12-8-13(4-7-16(12)20(2)3)10-19-18(23)14-9-17(22)21(11-14)15-5-6-15/h4,7-8,14-15H,5-6,9-11H2,1-3H3,(H,19,23). The molecule has 1 N–H and O–H groups in total. The molecule has 1 aromatic rings. The van der Waals surface area contributed by atoms with Crippen LogP contribution in [0, 0.1) is 12.8 Å². The lowest BCUT2D eigenvalue weighted by Crippen LogP contribution is -2.33. The van der Waals surface area contributed by atoms with Crippen LogP contribution in [0.15, 0.2) is 18.2 Å². The van der Waals surface area contributed by atoms with E-state index in [1.165, 1.54) is 11.3 Å². The topological polar surface area (TPSA) is 52.7 Å². The number of likely N-dealkylation sites (tertiary alicyclic amines) is 1. The minimum Gasteiger partial charge on any atom is -0.377 e. The van der Waals surface area contributed by atoms with Crippen LogP contribution in [0.2, 0.25) is 0 Å². The molecule has 23 heavy (non-hydrogen) atoms. The fourth-order valence-electron chi connectivity index (χ4n) is 3.31. The minimum absolute atomic E-state index is 0.00385. The summed E-state index contributed by atoms with van der Waals surface area (Å²) in [6, 6.07) is 6.62. The number of anilines is 1. The first-order chi connectivity index (χ1) is 11.0. The normalized spacial score (nSPS) is 20.7. The second-order valence-electron chi connectivity index (χ2n) is 6.91. The Bertz CT molecular complexity index is 623. The Labute approximate surface area is 137 Å². The quantitative estimate of drug-likeness (QED) is 0.899. The average Bonchev–Trinajstić information content (AvgIpc) is 3.27. The Kier molecular flexibility index (Phi) is 4.28. The lowest BCUT2D eigenvalue weighted by Gasteiger charge is -2.17. The van der Waals surface area contributed by atoms with Crippen molar-refractivity contribution in [1.29, 1.82) is 0 Å². The van der Waals surface area contributed by atoms with Crippen LogP contribution >= 0.6 is 0 Å². The molecule has 1 unspecified atom stereocenters. The van der Waals surface area contributed by atoms with Crippen LogP contribution in [0.3, 0.4) is 0 Å². The van der Waals surface area contributed by atoms with Gasteiger partial charge in [0.2, 0.25) is 11.8 Å². The molecule has 2 amide bonds. The van der Waals surface area contributed by atoms with E-state index in [0.717, 1.165) is 18.4 Å². The fraction of sp³-hybridized carbons (Fsp3) is 0.556. The molecular formula is C18H25N3O2. The maximum atomic E-state index is 12.3. The molecule has 3 rings (SSSR count). The van der Waals surface area contributed by atoms with Gasteiger partial charge in [0.1, 0.15) is 0 Å². The molecule has 2 aliphatic rings. The maximum absolute atomic E-state index is 12.3. The Hall–Kier alpha value is -2.04. The second kappa shape index (κ2) is 6.22. The second-order valence-corrected chi connectivity index (χ2v) is 6.91. The number of amides is 2. The molecule has 1 aromatic carbocycles. The van der Waals surface area contributed by atoms with Gasteiger partial charge in [-0.1, -0.05) is 12.1 Å². The number of carbonyl (C=O) groups is 2. The van der Waals surface area contributed by atoms with Gasteiger partial charge in [0.05, 0.1) is 5.92 Å². The number of nitrogens with one attached hydrogen (secondary N) is 1. The fourth-order valence-corrected chi connectivity index (χ4v) is 3.31. The SMILES string of the molecule is Cc1cc(CNC(=O)C2CC(=O)N(C3CC3)C2)ccc1N(C)C. The smallest absolute Gasteiger partial charge is 0.225 e. The first-order valence-corrected chi connectivity index (χ1v) is 8.29. The van der Waals surface area contributed by atoms with Gasteiger partial charge in [-0.15, -0.1) is 0 Å². The van der Waals surface area contributed by atoms with E-state index in [-0.39, 0.29) is 17.7 Å². The first-order valence-electron chi connectivity index (χ1n) is 8.29. The van der Waals surface area contributed by atoms with E-state index in [1.807, 2.05) is 25.1 Å². The third kappa shape index (κ3) is 3.49. The van der Waals surface area contributed by atoms with Gasteiger partial charge in [-0.3, -0.25) is 9.59 Å². The summed E-state index contributed by atoms with van der Waals surface area (Å²) in [6.07, 6.45) is 2.55. The molecule has 1 saturated carbocycles. The zero-order chi connectivity index (χ0) is 16.6. The molecule has 2 fully saturated rings. The number of rotatable bonds is 5. The Morgan fingerprint density at radius 3 is 2.70 bits per heavy atom. The van der Waals surface area contributed by atoms with Crippen molar-refractivity contribution in [3.8, 4) is 0 Å². The van der Waals surface area contributed by atoms with E-state index in [1.54, 1.807) is 0 Å². The van der Waals surface area contributed by atoms with Crippen molar-refractivity contribution < 1.29 is 9.59 Å². The maximum Gasteiger partial charge on any atom is 0.225 e. The highest BCUT2D eigenvalue weighted by atomic mass is 16.2. The molecule has 1 heterocycles. The van der Waals surface area contributed by atoms with Gasteiger partial charge in [-0.25, -0.2) is 0 Å². The van der Waals surface area contributed by atoms with Gasteiger partial charge < -0.3 is 15.1 Å². The highest BCUT2D eigenvalue weighted by Crippen LogP contribution is 2.32. The molecule has 5 nitrogen and oxygen atoms in total. The molecule has 1 aliphatic carbocycles. The lowest BCUT2D eigenvalue weighted by atomic mass is 10.1. The van der Waals surface area contributed by atoms with E-state index in [0.29, 0.717) is 25.6 Å². The van der Waals surface area contributed by atoms with Gasteiger partial charge in [-0.2, -0.15) is 0 Å². The summed E-state index contributed by atoms with van der Waals surface area (Å²) in [4.78, 5) is 28.2. The number of nitrogens with zero attached hydrogens (tertiary/aromatic N) is 2. The zero-order valence-electron chi connectivity index (χ0n) is 14.1. The van der Waals surface area contributed by atoms with Gasteiger partial charge in [0.15, 0.2) is 0 Å². The van der Waals surface area contributed by atoms with Crippen LogP contribution in [0.4, 0.5) is 5.69 Å². The molecule has 0 bridgehead atoms. The van der Waals surface area contributed by atoms with E-state index < -0.39 is 0 Å². The summed E-state index contributed by atoms with van der Waals surface area (Å²) in [5.41, 5.74) is 3.46. The predicted octanol–water partition coefficient (Wildman–Crippen LogP) is 1.69. The van der Waals surface area contributed by atoms with Crippen molar-refractivity contribution in [2.45, 2.75) is 38.8 Å². The highest BCUT2D eigenvalue weighted by molar-refractivity contribution is 5.89. The summed E-state index contributed by atoms with van der Waals surface area (Å²) < 4.78 is 0. The Balaban J connectivity index is 1.55. The number of hydrogen-bond acceptors (Lipinski definition) is 3. The molecule has 0 radical (unpaired) electrons. The number of hydrogen-bond donors (Lipinski definition) is 1. The summed E-state index contributed by atoms with van der Waals surface area (Å²) in [6.45, 7) is 3.18. The van der Waals surface area contributed by atoms with Crippen LogP contribution in [0.1, 0.15) is 30.4 Å². The number of carbonyl (C=O) groups excluding carboxylic acids is 2. The Morgan fingerprint density at radius 2 is 2.09 bits per heavy atom. The van der Waals surface area contributed by atoms with Crippen molar-refractivity contribution in [1.82, 2.24) is 10.2 Å². The monoisotopic (exact) mass is 315 g/mol.